The highest BCUT2D eigenvalue weighted by Gasteiger charge is 2.27. The zero-order valence-corrected chi connectivity index (χ0v) is 30.8. The Balaban J connectivity index is 1.31. The second-order valence-electron chi connectivity index (χ2n) is 11.6. The molecule has 3 N–H and O–H groups in total. The number of aryl methyl sites for hydroxylation is 1. The minimum absolute atomic E-state index is 0.0451. The molecular weight excluding hydrogens is 713 g/mol. The van der Waals surface area contributed by atoms with Crippen molar-refractivity contribution in [2.24, 2.45) is 0 Å². The number of ether oxygens (including phenoxy) is 1. The van der Waals surface area contributed by atoms with E-state index in [0.29, 0.717) is 32.4 Å². The minimum atomic E-state index is -0.585. The molecule has 0 saturated carbocycles. The number of halogens is 2. The standard InChI is InChI=1S/C38H37Cl2N3O5S2/c1-3-48-38(47)32-28-18-9-4-5-10-20-31(28)50-37(32)43-34(44)23(2)49-27-17-12-16-26(22-27)41-36(46)30(21-25-15-11-19-29(39)33(25)40)42-35(45)24-13-7-6-8-14-24/h6-8,11-17,19,21-23H,3-5,9-10,18,20H2,1-2H3,(H,41,46)(H,42,45)(H,43,44)/b30-21+. The smallest absolute Gasteiger partial charge is 0.341 e. The number of carbonyl (C=O) groups excluding carboxylic acids is 4. The van der Waals surface area contributed by atoms with Crippen LogP contribution in [0.2, 0.25) is 10.0 Å². The minimum Gasteiger partial charge on any atom is -0.462 e. The summed E-state index contributed by atoms with van der Waals surface area (Å²) in [6.07, 6.45) is 7.44. The highest BCUT2D eigenvalue weighted by Crippen LogP contribution is 2.38. The molecule has 1 aromatic heterocycles. The predicted molar refractivity (Wildman–Crippen MR) is 204 cm³/mol. The van der Waals surface area contributed by atoms with Crippen LogP contribution in [0.5, 0.6) is 0 Å². The number of nitrogens with one attached hydrogen (secondary N) is 3. The van der Waals surface area contributed by atoms with Gasteiger partial charge in [-0.2, -0.15) is 0 Å². The molecule has 3 amide bonds. The molecular formula is C38H37Cl2N3O5S2. The van der Waals surface area contributed by atoms with E-state index in [1.54, 1.807) is 80.6 Å². The molecule has 12 heteroatoms. The fraction of sp³-hybridized carbons (Fsp3) is 0.263. The molecule has 0 saturated heterocycles. The van der Waals surface area contributed by atoms with Crippen LogP contribution in [0, 0.1) is 0 Å². The third kappa shape index (κ3) is 9.57. The molecule has 1 aliphatic rings. The first kappa shape index (κ1) is 37.2. The Morgan fingerprint density at radius 3 is 2.42 bits per heavy atom. The van der Waals surface area contributed by atoms with Crippen LogP contribution in [0.15, 0.2) is 83.4 Å². The molecule has 1 aliphatic carbocycles. The first-order valence-corrected chi connectivity index (χ1v) is 18.8. The van der Waals surface area contributed by atoms with Gasteiger partial charge in [-0.15, -0.1) is 23.1 Å². The molecule has 5 rings (SSSR count). The Bertz CT molecular complexity index is 1910. The van der Waals surface area contributed by atoms with Gasteiger partial charge in [0.2, 0.25) is 5.91 Å². The summed E-state index contributed by atoms with van der Waals surface area (Å²) < 4.78 is 5.39. The van der Waals surface area contributed by atoms with Crippen LogP contribution in [-0.2, 0) is 27.2 Å². The van der Waals surface area contributed by atoms with E-state index < -0.39 is 23.0 Å². The molecule has 1 heterocycles. The van der Waals surface area contributed by atoms with Gasteiger partial charge in [-0.1, -0.05) is 72.4 Å². The summed E-state index contributed by atoms with van der Waals surface area (Å²) in [6, 6.07) is 20.6. The third-order valence-electron chi connectivity index (χ3n) is 7.97. The van der Waals surface area contributed by atoms with Crippen molar-refractivity contribution in [1.82, 2.24) is 5.32 Å². The first-order chi connectivity index (χ1) is 24.1. The average Bonchev–Trinajstić information content (AvgIpc) is 3.42. The number of thiophene rings is 1. The van der Waals surface area contributed by atoms with Gasteiger partial charge < -0.3 is 20.7 Å². The Hall–Kier alpha value is -4.09. The van der Waals surface area contributed by atoms with Crippen molar-refractivity contribution < 1.29 is 23.9 Å². The fourth-order valence-electron chi connectivity index (χ4n) is 5.47. The van der Waals surface area contributed by atoms with Crippen molar-refractivity contribution >= 4 is 86.8 Å². The molecule has 0 radical (unpaired) electrons. The number of rotatable bonds is 11. The SMILES string of the molecule is CCOC(=O)c1c(NC(=O)C(C)Sc2cccc(NC(=O)/C(=C\c3cccc(Cl)c3Cl)NC(=O)c3ccccc3)c2)sc2c1CCCCCC2. The van der Waals surface area contributed by atoms with Gasteiger partial charge in [0.15, 0.2) is 0 Å². The number of amides is 3. The lowest BCUT2D eigenvalue weighted by molar-refractivity contribution is -0.115. The summed E-state index contributed by atoms with van der Waals surface area (Å²) >= 11 is 15.4. The van der Waals surface area contributed by atoms with Crippen molar-refractivity contribution in [3.05, 3.63) is 116 Å². The second kappa shape index (κ2) is 17.7. The zero-order chi connectivity index (χ0) is 35.6. The van der Waals surface area contributed by atoms with Gasteiger partial charge in [0.25, 0.3) is 11.8 Å². The molecule has 4 aromatic rings. The summed E-state index contributed by atoms with van der Waals surface area (Å²) in [5.74, 6) is -1.72. The first-order valence-electron chi connectivity index (χ1n) is 16.4. The lowest BCUT2D eigenvalue weighted by Gasteiger charge is -2.15. The van der Waals surface area contributed by atoms with Gasteiger partial charge >= 0.3 is 5.97 Å². The number of benzene rings is 3. The molecule has 3 aromatic carbocycles. The number of carbonyl (C=O) groups is 4. The predicted octanol–water partition coefficient (Wildman–Crippen LogP) is 9.42. The van der Waals surface area contributed by atoms with E-state index in [9.17, 15) is 19.2 Å². The van der Waals surface area contributed by atoms with E-state index in [1.165, 1.54) is 29.2 Å². The highest BCUT2D eigenvalue weighted by atomic mass is 35.5. The maximum atomic E-state index is 13.6. The molecule has 0 spiro atoms. The molecule has 260 valence electrons. The zero-order valence-electron chi connectivity index (χ0n) is 27.6. The summed E-state index contributed by atoms with van der Waals surface area (Å²) in [5.41, 5.74) is 2.70. The largest absolute Gasteiger partial charge is 0.462 e. The molecule has 8 nitrogen and oxygen atoms in total. The van der Waals surface area contributed by atoms with Gasteiger partial charge in [0.05, 0.1) is 27.5 Å². The summed E-state index contributed by atoms with van der Waals surface area (Å²) in [7, 11) is 0. The Kier molecular flexibility index (Phi) is 13.2. The van der Waals surface area contributed by atoms with Gasteiger partial charge in [0, 0.05) is 21.0 Å². The van der Waals surface area contributed by atoms with E-state index in [1.807, 2.05) is 6.07 Å². The summed E-state index contributed by atoms with van der Waals surface area (Å²) in [5, 5.41) is 9.09. The number of hydrogen-bond donors (Lipinski definition) is 3. The van der Waals surface area contributed by atoms with Crippen molar-refractivity contribution in [2.75, 3.05) is 17.2 Å². The second-order valence-corrected chi connectivity index (χ2v) is 14.9. The maximum absolute atomic E-state index is 13.6. The lowest BCUT2D eigenvalue weighted by Crippen LogP contribution is -2.30. The molecule has 0 fully saturated rings. The monoisotopic (exact) mass is 749 g/mol. The topological polar surface area (TPSA) is 114 Å². The van der Waals surface area contributed by atoms with Crippen LogP contribution in [0.1, 0.15) is 76.3 Å². The van der Waals surface area contributed by atoms with Crippen molar-refractivity contribution in [3.8, 4) is 0 Å². The average molecular weight is 751 g/mol. The quantitative estimate of drug-likeness (QED) is 0.0800. The van der Waals surface area contributed by atoms with Gasteiger partial charge in [-0.25, -0.2) is 4.79 Å². The summed E-state index contributed by atoms with van der Waals surface area (Å²) in [4.78, 5) is 55.0. The third-order valence-corrected chi connectivity index (χ3v) is 11.1. The molecule has 1 unspecified atom stereocenters. The van der Waals surface area contributed by atoms with Crippen molar-refractivity contribution in [1.29, 1.82) is 0 Å². The maximum Gasteiger partial charge on any atom is 0.341 e. The molecule has 0 bridgehead atoms. The fourth-order valence-corrected chi connectivity index (χ4v) is 8.04. The van der Waals surface area contributed by atoms with Crippen LogP contribution in [0.4, 0.5) is 10.7 Å². The van der Waals surface area contributed by atoms with Crippen LogP contribution in [0.3, 0.4) is 0 Å². The van der Waals surface area contributed by atoms with Crippen LogP contribution < -0.4 is 16.0 Å². The number of thioether (sulfide) groups is 1. The van der Waals surface area contributed by atoms with E-state index in [2.05, 4.69) is 16.0 Å². The van der Waals surface area contributed by atoms with Gasteiger partial charge in [-0.3, -0.25) is 14.4 Å². The van der Waals surface area contributed by atoms with Crippen LogP contribution >= 0.6 is 46.3 Å². The number of esters is 1. The number of hydrogen-bond acceptors (Lipinski definition) is 7. The van der Waals surface area contributed by atoms with E-state index >= 15 is 0 Å². The lowest BCUT2D eigenvalue weighted by atomic mass is 9.96. The van der Waals surface area contributed by atoms with E-state index in [0.717, 1.165) is 53.9 Å². The van der Waals surface area contributed by atoms with Crippen LogP contribution in [0.25, 0.3) is 6.08 Å². The Morgan fingerprint density at radius 1 is 0.920 bits per heavy atom. The van der Waals surface area contributed by atoms with Gasteiger partial charge in [-0.05, 0) is 93.1 Å². The highest BCUT2D eigenvalue weighted by molar-refractivity contribution is 8.00. The molecule has 1 atom stereocenters. The number of anilines is 2. The van der Waals surface area contributed by atoms with Crippen molar-refractivity contribution in [3.63, 3.8) is 0 Å². The normalized spacial score (nSPS) is 13.6. The van der Waals surface area contributed by atoms with E-state index in [4.69, 9.17) is 27.9 Å². The van der Waals surface area contributed by atoms with E-state index in [-0.39, 0.29) is 23.2 Å². The summed E-state index contributed by atoms with van der Waals surface area (Å²) in [6.45, 7) is 3.81. The Morgan fingerprint density at radius 2 is 1.66 bits per heavy atom. The molecule has 50 heavy (non-hydrogen) atoms. The van der Waals surface area contributed by atoms with Crippen LogP contribution in [-0.4, -0.2) is 35.5 Å². The Labute approximate surface area is 310 Å². The van der Waals surface area contributed by atoms with Gasteiger partial charge in [0.1, 0.15) is 10.7 Å². The van der Waals surface area contributed by atoms with Crippen molar-refractivity contribution in [2.45, 2.75) is 62.5 Å². The number of fused-ring (bicyclic) bond motifs is 1. The molecule has 0 aliphatic heterocycles.